The molecule has 1 aromatic carbocycles. The molecule has 2 aliphatic rings. The topological polar surface area (TPSA) is 67.7 Å². The van der Waals surface area contributed by atoms with Gasteiger partial charge in [-0.1, -0.05) is 12.1 Å². The highest BCUT2D eigenvalue weighted by molar-refractivity contribution is 6.09. The number of rotatable bonds is 8. The Balaban J connectivity index is 1.42. The van der Waals surface area contributed by atoms with Crippen molar-refractivity contribution in [1.29, 1.82) is 5.26 Å². The molecule has 0 atom stereocenters. The lowest BCUT2D eigenvalue weighted by atomic mass is 10.1. The summed E-state index contributed by atoms with van der Waals surface area (Å²) in [6.45, 7) is 7.05. The van der Waals surface area contributed by atoms with Gasteiger partial charge >= 0.3 is 0 Å². The van der Waals surface area contributed by atoms with Gasteiger partial charge in [0.2, 0.25) is 5.91 Å². The van der Waals surface area contributed by atoms with E-state index >= 15 is 0 Å². The third-order valence-corrected chi connectivity index (χ3v) is 5.70. The fraction of sp³-hybridized carbons (Fsp3) is 0.591. The number of ketones is 1. The largest absolute Gasteiger partial charge is 0.312 e. The lowest BCUT2D eigenvalue weighted by molar-refractivity contribution is -0.118. The molecule has 150 valence electrons. The van der Waals surface area contributed by atoms with Gasteiger partial charge in [0.25, 0.3) is 0 Å². The molecule has 6 nitrogen and oxygen atoms in total. The number of hydrogen-bond acceptors (Lipinski definition) is 5. The molecule has 0 aromatic heterocycles. The van der Waals surface area contributed by atoms with Gasteiger partial charge in [-0.15, -0.1) is 0 Å². The Morgan fingerprint density at radius 2 is 1.50 bits per heavy atom. The van der Waals surface area contributed by atoms with Gasteiger partial charge in [0.15, 0.2) is 5.78 Å². The van der Waals surface area contributed by atoms with Crippen molar-refractivity contribution in [3.05, 3.63) is 29.8 Å². The highest BCUT2D eigenvalue weighted by atomic mass is 16.2. The Labute approximate surface area is 167 Å². The second-order valence-corrected chi connectivity index (χ2v) is 7.64. The van der Waals surface area contributed by atoms with Crippen LogP contribution in [-0.4, -0.2) is 67.3 Å². The van der Waals surface area contributed by atoms with Crippen LogP contribution in [-0.2, 0) is 4.79 Å². The van der Waals surface area contributed by atoms with Gasteiger partial charge < -0.3 is 14.7 Å². The molecule has 1 aromatic rings. The normalized spacial score (nSPS) is 18.6. The Bertz CT molecular complexity index is 719. The van der Waals surface area contributed by atoms with Gasteiger partial charge in [-0.2, -0.15) is 5.26 Å². The molecule has 0 unspecified atom stereocenters. The van der Waals surface area contributed by atoms with Crippen molar-refractivity contribution in [2.75, 3.05) is 50.7 Å². The van der Waals surface area contributed by atoms with Crippen molar-refractivity contribution in [3.8, 4) is 6.07 Å². The van der Waals surface area contributed by atoms with E-state index in [0.29, 0.717) is 31.4 Å². The van der Waals surface area contributed by atoms with E-state index in [2.05, 4.69) is 15.9 Å². The molecular formula is C22H30N4O2. The molecule has 1 saturated heterocycles. The molecule has 3 rings (SSSR count). The van der Waals surface area contributed by atoms with Crippen LogP contribution in [0.2, 0.25) is 0 Å². The van der Waals surface area contributed by atoms with Crippen molar-refractivity contribution in [2.24, 2.45) is 0 Å². The second kappa shape index (κ2) is 10.4. The van der Waals surface area contributed by atoms with Crippen LogP contribution in [0.5, 0.6) is 0 Å². The first-order chi connectivity index (χ1) is 13.7. The summed E-state index contributed by atoms with van der Waals surface area (Å²) in [6, 6.07) is 9.70. The Morgan fingerprint density at radius 1 is 0.857 bits per heavy atom. The average molecular weight is 383 g/mol. The summed E-state index contributed by atoms with van der Waals surface area (Å²) in [4.78, 5) is 31.5. The van der Waals surface area contributed by atoms with E-state index in [-0.39, 0.29) is 11.7 Å². The van der Waals surface area contributed by atoms with Gasteiger partial charge in [-0.3, -0.25) is 9.59 Å². The van der Waals surface area contributed by atoms with E-state index < -0.39 is 0 Å². The number of hydrogen-bond donors (Lipinski definition) is 0. The molecule has 6 heteroatoms. The molecular weight excluding hydrogens is 352 g/mol. The van der Waals surface area contributed by atoms with Crippen molar-refractivity contribution >= 4 is 17.4 Å². The smallest absolute Gasteiger partial charge is 0.227 e. The monoisotopic (exact) mass is 382 g/mol. The van der Waals surface area contributed by atoms with Gasteiger partial charge in [-0.05, 0) is 44.5 Å². The van der Waals surface area contributed by atoms with Crippen molar-refractivity contribution in [1.82, 2.24) is 9.80 Å². The Kier molecular flexibility index (Phi) is 7.58. The van der Waals surface area contributed by atoms with E-state index in [1.54, 1.807) is 0 Å². The minimum absolute atomic E-state index is 0.0595. The van der Waals surface area contributed by atoms with E-state index in [9.17, 15) is 9.59 Å². The number of piperazine rings is 1. The van der Waals surface area contributed by atoms with Crippen LogP contribution in [0.4, 0.5) is 5.69 Å². The van der Waals surface area contributed by atoms with E-state index in [4.69, 9.17) is 5.26 Å². The number of Topliss-reactive ketones (excluding diaryl/α,β-unsaturated/α-hetero) is 1. The molecule has 0 N–H and O–H groups in total. The maximum atomic E-state index is 12.5. The third kappa shape index (κ3) is 5.40. The number of anilines is 1. The molecule has 0 radical (unpaired) electrons. The molecule has 0 spiro atoms. The van der Waals surface area contributed by atoms with Crippen LogP contribution >= 0.6 is 0 Å². The third-order valence-electron chi connectivity index (χ3n) is 5.70. The first-order valence-electron chi connectivity index (χ1n) is 10.4. The van der Waals surface area contributed by atoms with Crippen molar-refractivity contribution in [3.63, 3.8) is 0 Å². The number of nitriles is 1. The summed E-state index contributed by atoms with van der Waals surface area (Å²) in [5.41, 5.74) is 1.46. The lowest BCUT2D eigenvalue weighted by Crippen LogP contribution is -2.46. The van der Waals surface area contributed by atoms with Gasteiger partial charge in [0.1, 0.15) is 0 Å². The molecule has 1 amide bonds. The zero-order valence-corrected chi connectivity index (χ0v) is 16.6. The Morgan fingerprint density at radius 3 is 2.21 bits per heavy atom. The van der Waals surface area contributed by atoms with Crippen LogP contribution in [0.15, 0.2) is 24.3 Å². The lowest BCUT2D eigenvalue weighted by Gasteiger charge is -2.34. The van der Waals surface area contributed by atoms with Gasteiger partial charge in [-0.25, -0.2) is 0 Å². The first-order valence-corrected chi connectivity index (χ1v) is 10.4. The summed E-state index contributed by atoms with van der Waals surface area (Å²) in [7, 11) is 0. The van der Waals surface area contributed by atoms with Crippen molar-refractivity contribution in [2.45, 2.75) is 38.5 Å². The number of para-hydroxylation sites is 1. The van der Waals surface area contributed by atoms with E-state index in [0.717, 1.165) is 64.2 Å². The molecule has 2 heterocycles. The van der Waals surface area contributed by atoms with Crippen LogP contribution in [0.25, 0.3) is 0 Å². The zero-order valence-electron chi connectivity index (χ0n) is 16.6. The van der Waals surface area contributed by atoms with E-state index in [1.807, 2.05) is 29.2 Å². The number of carbonyl (C=O) groups excluding carboxylic acids is 2. The number of fused-ring (bicyclic) bond motifs is 1. The highest BCUT2D eigenvalue weighted by Gasteiger charge is 2.26. The van der Waals surface area contributed by atoms with Gasteiger partial charge in [0, 0.05) is 57.5 Å². The first kappa shape index (κ1) is 20.5. The minimum Gasteiger partial charge on any atom is -0.312 e. The predicted octanol–water partition coefficient (Wildman–Crippen LogP) is 2.70. The maximum absolute atomic E-state index is 12.5. The van der Waals surface area contributed by atoms with Crippen LogP contribution in [0.1, 0.15) is 48.9 Å². The molecule has 2 aliphatic heterocycles. The molecule has 28 heavy (non-hydrogen) atoms. The molecule has 0 saturated carbocycles. The summed E-state index contributed by atoms with van der Waals surface area (Å²) in [5.74, 6) is 0.128. The zero-order chi connectivity index (χ0) is 19.8. The standard InChI is InChI=1S/C22H30N4O2/c23-11-3-4-12-24-15-17-25(18-16-24)13-5-6-14-26-20-8-2-1-7-19(20)21(27)9-10-22(26)28/h1-2,7-8H,3-6,9-10,12-18H2. The molecule has 0 bridgehead atoms. The minimum atomic E-state index is 0.0595. The number of nitrogens with zero attached hydrogens (tertiary/aromatic N) is 4. The summed E-state index contributed by atoms with van der Waals surface area (Å²) >= 11 is 0. The second-order valence-electron chi connectivity index (χ2n) is 7.64. The quantitative estimate of drug-likeness (QED) is 0.647. The van der Waals surface area contributed by atoms with Crippen LogP contribution in [0.3, 0.4) is 0 Å². The van der Waals surface area contributed by atoms with E-state index in [1.165, 1.54) is 0 Å². The molecule has 0 aliphatic carbocycles. The average Bonchev–Trinajstić information content (AvgIpc) is 2.84. The number of carbonyl (C=O) groups is 2. The summed E-state index contributed by atoms with van der Waals surface area (Å²) in [5, 5.41) is 8.63. The van der Waals surface area contributed by atoms with Crippen LogP contribution in [0, 0.1) is 11.3 Å². The van der Waals surface area contributed by atoms with Crippen molar-refractivity contribution < 1.29 is 9.59 Å². The summed E-state index contributed by atoms with van der Waals surface area (Å²) < 4.78 is 0. The van der Waals surface area contributed by atoms with Crippen LogP contribution < -0.4 is 4.90 Å². The fourth-order valence-electron chi connectivity index (χ4n) is 4.04. The Hall–Kier alpha value is -2.23. The van der Waals surface area contributed by atoms with Gasteiger partial charge in [0.05, 0.1) is 11.8 Å². The fourth-order valence-corrected chi connectivity index (χ4v) is 4.04. The predicted molar refractivity (Wildman–Crippen MR) is 109 cm³/mol. The SMILES string of the molecule is N#CCCCN1CCN(CCCCN2C(=O)CCC(=O)c3ccccc32)CC1. The maximum Gasteiger partial charge on any atom is 0.227 e. The summed E-state index contributed by atoms with van der Waals surface area (Å²) in [6.07, 6.45) is 4.21. The number of unbranched alkanes of at least 4 members (excludes halogenated alkanes) is 2. The highest BCUT2D eigenvalue weighted by Crippen LogP contribution is 2.27. The number of benzene rings is 1. The molecule has 1 fully saturated rings. The number of amides is 1.